The molecule has 1 rings (SSSR count). The van der Waals surface area contributed by atoms with Crippen LogP contribution in [-0.4, -0.2) is 11.4 Å². The predicted molar refractivity (Wildman–Crippen MR) is 40.0 cm³/mol. The van der Waals surface area contributed by atoms with Gasteiger partial charge in [-0.15, -0.1) is 0 Å². The van der Waals surface area contributed by atoms with Crippen molar-refractivity contribution in [1.29, 1.82) is 0 Å². The van der Waals surface area contributed by atoms with Gasteiger partial charge in [0.25, 0.3) is 0 Å². The molecule has 0 bridgehead atoms. The van der Waals surface area contributed by atoms with Crippen LogP contribution >= 0.6 is 0 Å². The van der Waals surface area contributed by atoms with Crippen LogP contribution in [0, 0.1) is 5.92 Å². The minimum Gasteiger partial charge on any atom is -0.160 e. The average molecular weight is 124 g/mol. The predicted octanol–water partition coefficient (Wildman–Crippen LogP) is 1.86. The van der Waals surface area contributed by atoms with Crippen LogP contribution < -0.4 is 0 Å². The molecule has 0 aromatic heterocycles. The third-order valence-electron chi connectivity index (χ3n) is 1.69. The maximum Gasteiger partial charge on any atom is 0.0406 e. The van der Waals surface area contributed by atoms with Gasteiger partial charge in [-0.1, -0.05) is 6.92 Å². The van der Waals surface area contributed by atoms with E-state index in [9.17, 15) is 0 Å². The highest BCUT2D eigenvalue weighted by molar-refractivity contribution is 5.93. The summed E-state index contributed by atoms with van der Waals surface area (Å²) in [7, 11) is 0. The molecule has 0 N–H and O–H groups in total. The van der Waals surface area contributed by atoms with Crippen LogP contribution in [0.4, 0.5) is 0 Å². The lowest BCUT2D eigenvalue weighted by Crippen LogP contribution is -2.14. The van der Waals surface area contributed by atoms with Gasteiger partial charge in [-0.25, -0.2) is 0 Å². The molecule has 1 heterocycles. The van der Waals surface area contributed by atoms with Gasteiger partial charge in [0.15, 0.2) is 0 Å². The van der Waals surface area contributed by atoms with E-state index in [0.717, 1.165) is 17.8 Å². The van der Waals surface area contributed by atoms with E-state index in [0.29, 0.717) is 5.92 Å². The Labute approximate surface area is 55.7 Å². The lowest BCUT2D eigenvalue weighted by molar-refractivity contribution is 0.781. The highest BCUT2D eigenvalue weighted by Crippen LogP contribution is 2.10. The minimum absolute atomic E-state index is 0.600. The summed E-state index contributed by atoms with van der Waals surface area (Å²) >= 11 is 0. The molecule has 1 unspecified atom stereocenters. The Morgan fingerprint density at radius 2 is 2.00 bits per heavy atom. The van der Waals surface area contributed by atoms with Gasteiger partial charge >= 0.3 is 0 Å². The number of hydrogen-bond acceptors (Lipinski definition) is 2. The monoisotopic (exact) mass is 124 g/mol. The smallest absolute Gasteiger partial charge is 0.0406 e. The maximum absolute atomic E-state index is 4.00. The molecule has 0 fully saturated rings. The molecule has 50 valence electrons. The third-order valence-corrected chi connectivity index (χ3v) is 1.69. The fraction of sp³-hybridized carbons (Fsp3) is 0.714. The Morgan fingerprint density at radius 1 is 1.33 bits per heavy atom. The maximum atomic E-state index is 4.00. The molecule has 2 heteroatoms. The normalized spacial score (nSPS) is 27.2. The van der Waals surface area contributed by atoms with Crippen molar-refractivity contribution in [2.24, 2.45) is 16.1 Å². The fourth-order valence-electron chi connectivity index (χ4n) is 0.894. The second kappa shape index (κ2) is 2.29. The van der Waals surface area contributed by atoms with E-state index >= 15 is 0 Å². The van der Waals surface area contributed by atoms with Crippen LogP contribution in [0.25, 0.3) is 0 Å². The number of hydrogen-bond donors (Lipinski definition) is 0. The second-order valence-electron chi connectivity index (χ2n) is 2.68. The van der Waals surface area contributed by atoms with Gasteiger partial charge < -0.3 is 0 Å². The molecule has 9 heavy (non-hydrogen) atoms. The van der Waals surface area contributed by atoms with Crippen LogP contribution in [0.1, 0.15) is 27.2 Å². The summed E-state index contributed by atoms with van der Waals surface area (Å²) in [5.74, 6) is 0.600. The van der Waals surface area contributed by atoms with Crippen molar-refractivity contribution in [1.82, 2.24) is 0 Å². The molecule has 2 nitrogen and oxygen atoms in total. The van der Waals surface area contributed by atoms with E-state index in [4.69, 9.17) is 0 Å². The van der Waals surface area contributed by atoms with Gasteiger partial charge in [0.2, 0.25) is 0 Å². The molecule has 0 saturated carbocycles. The molecular weight excluding hydrogens is 112 g/mol. The molecule has 0 saturated heterocycles. The zero-order chi connectivity index (χ0) is 6.85. The third kappa shape index (κ3) is 1.37. The summed E-state index contributed by atoms with van der Waals surface area (Å²) in [6.07, 6.45) is 1.08. The van der Waals surface area contributed by atoms with Gasteiger partial charge in [0.1, 0.15) is 0 Å². The van der Waals surface area contributed by atoms with Crippen molar-refractivity contribution in [3.63, 3.8) is 0 Å². The standard InChI is InChI=1S/C7H12N2/c1-5-4-6(2)8-9-7(5)3/h5H,4H2,1-3H3. The van der Waals surface area contributed by atoms with E-state index in [1.807, 2.05) is 13.8 Å². The van der Waals surface area contributed by atoms with E-state index in [2.05, 4.69) is 17.1 Å². The summed E-state index contributed by atoms with van der Waals surface area (Å²) in [5, 5.41) is 7.96. The zero-order valence-electron chi connectivity index (χ0n) is 6.18. The number of nitrogens with zero attached hydrogens (tertiary/aromatic N) is 2. The van der Waals surface area contributed by atoms with Gasteiger partial charge in [-0.3, -0.25) is 0 Å². The first-order valence-corrected chi connectivity index (χ1v) is 3.28. The van der Waals surface area contributed by atoms with E-state index in [1.165, 1.54) is 0 Å². The highest BCUT2D eigenvalue weighted by atomic mass is 15.2. The first-order valence-electron chi connectivity index (χ1n) is 3.28. The number of rotatable bonds is 0. The molecular formula is C7H12N2. The summed E-state index contributed by atoms with van der Waals surface area (Å²) < 4.78 is 0. The SMILES string of the molecule is CC1=NN=C(C)C(C)C1. The topological polar surface area (TPSA) is 24.7 Å². The van der Waals surface area contributed by atoms with Crippen molar-refractivity contribution >= 4 is 11.4 Å². The molecule has 0 aromatic carbocycles. The largest absolute Gasteiger partial charge is 0.160 e. The second-order valence-corrected chi connectivity index (χ2v) is 2.68. The first-order chi connectivity index (χ1) is 4.20. The highest BCUT2D eigenvalue weighted by Gasteiger charge is 2.10. The Bertz CT molecular complexity index is 168. The molecule has 0 radical (unpaired) electrons. The Balaban J connectivity index is 2.74. The lowest BCUT2D eigenvalue weighted by atomic mass is 10.00. The van der Waals surface area contributed by atoms with Crippen molar-refractivity contribution in [3.8, 4) is 0 Å². The van der Waals surface area contributed by atoms with Crippen LogP contribution in [0.15, 0.2) is 10.2 Å². The Morgan fingerprint density at radius 3 is 2.44 bits per heavy atom. The van der Waals surface area contributed by atoms with Crippen molar-refractivity contribution < 1.29 is 0 Å². The van der Waals surface area contributed by atoms with E-state index in [-0.39, 0.29) is 0 Å². The van der Waals surface area contributed by atoms with Crippen molar-refractivity contribution in [3.05, 3.63) is 0 Å². The summed E-state index contributed by atoms with van der Waals surface area (Å²) in [5.41, 5.74) is 2.30. The molecule has 1 atom stereocenters. The van der Waals surface area contributed by atoms with Gasteiger partial charge in [0, 0.05) is 17.3 Å². The molecule has 0 aromatic rings. The quantitative estimate of drug-likeness (QED) is 0.471. The zero-order valence-corrected chi connectivity index (χ0v) is 6.18. The summed E-state index contributed by atoms with van der Waals surface area (Å²) in [6, 6.07) is 0. The molecule has 0 aliphatic carbocycles. The average Bonchev–Trinajstić information content (AvgIpc) is 1.80. The summed E-state index contributed by atoms with van der Waals surface area (Å²) in [4.78, 5) is 0. The fourth-order valence-corrected chi connectivity index (χ4v) is 0.894. The van der Waals surface area contributed by atoms with Gasteiger partial charge in [0.05, 0.1) is 0 Å². The molecule has 0 amide bonds. The van der Waals surface area contributed by atoms with Crippen molar-refractivity contribution in [2.75, 3.05) is 0 Å². The lowest BCUT2D eigenvalue weighted by Gasteiger charge is -2.12. The van der Waals surface area contributed by atoms with Crippen LogP contribution in [0.2, 0.25) is 0 Å². The van der Waals surface area contributed by atoms with E-state index in [1.54, 1.807) is 0 Å². The van der Waals surface area contributed by atoms with Crippen LogP contribution in [0.5, 0.6) is 0 Å². The van der Waals surface area contributed by atoms with Crippen LogP contribution in [-0.2, 0) is 0 Å². The van der Waals surface area contributed by atoms with Gasteiger partial charge in [-0.2, -0.15) is 10.2 Å². The van der Waals surface area contributed by atoms with Gasteiger partial charge in [-0.05, 0) is 20.3 Å². The van der Waals surface area contributed by atoms with Crippen LogP contribution in [0.3, 0.4) is 0 Å². The Kier molecular flexibility index (Phi) is 1.65. The Hall–Kier alpha value is -0.660. The molecule has 1 aliphatic rings. The molecule has 1 aliphatic heterocycles. The first kappa shape index (κ1) is 6.46. The minimum atomic E-state index is 0.600. The molecule has 0 spiro atoms. The van der Waals surface area contributed by atoms with E-state index < -0.39 is 0 Å². The summed E-state index contributed by atoms with van der Waals surface area (Å²) in [6.45, 7) is 6.23. The van der Waals surface area contributed by atoms with Crippen molar-refractivity contribution in [2.45, 2.75) is 27.2 Å².